The van der Waals surface area contributed by atoms with Crippen LogP contribution in [0, 0.1) is 0 Å². The Hall–Kier alpha value is -1.26. The normalized spacial score (nSPS) is 41.8. The molecule has 96 valence electrons. The van der Waals surface area contributed by atoms with Crippen LogP contribution in [0.15, 0.2) is 9.98 Å². The molecular formula is C8H14N4O5. The monoisotopic (exact) mass is 246 g/mol. The third kappa shape index (κ3) is 1.87. The molecule has 9 nitrogen and oxygen atoms in total. The van der Waals surface area contributed by atoms with Crippen molar-refractivity contribution in [3.63, 3.8) is 0 Å². The van der Waals surface area contributed by atoms with Gasteiger partial charge in [-0.25, -0.2) is 4.99 Å². The van der Waals surface area contributed by atoms with Gasteiger partial charge in [0, 0.05) is 0 Å². The van der Waals surface area contributed by atoms with Crippen LogP contribution >= 0.6 is 0 Å². The Bertz CT molecular complexity index is 362. The standard InChI is InChI=1S/C8H14N4O5/c9-6-10-3-12(7(15)11-6)8(16)2-17-4(1-13)5(8)14/h3-5,7,13-16H,1-2H2,(H2,9,11). The van der Waals surface area contributed by atoms with Crippen LogP contribution < -0.4 is 5.73 Å². The molecule has 0 aromatic carbocycles. The lowest BCUT2D eigenvalue weighted by molar-refractivity contribution is -0.172. The molecule has 0 radical (unpaired) electrons. The van der Waals surface area contributed by atoms with Gasteiger partial charge in [-0.3, -0.25) is 4.90 Å². The highest BCUT2D eigenvalue weighted by molar-refractivity contribution is 5.87. The van der Waals surface area contributed by atoms with Gasteiger partial charge >= 0.3 is 0 Å². The van der Waals surface area contributed by atoms with Crippen molar-refractivity contribution in [2.75, 3.05) is 13.2 Å². The fourth-order valence-corrected chi connectivity index (χ4v) is 1.78. The van der Waals surface area contributed by atoms with Crippen molar-refractivity contribution in [2.45, 2.75) is 24.3 Å². The predicted octanol–water partition coefficient (Wildman–Crippen LogP) is -3.64. The summed E-state index contributed by atoms with van der Waals surface area (Å²) in [7, 11) is 0. The molecule has 2 rings (SSSR count). The van der Waals surface area contributed by atoms with Crippen LogP contribution in [0.1, 0.15) is 0 Å². The van der Waals surface area contributed by atoms with Gasteiger partial charge < -0.3 is 30.9 Å². The molecule has 0 bridgehead atoms. The fourth-order valence-electron chi connectivity index (χ4n) is 1.78. The molecule has 2 aliphatic heterocycles. The molecule has 17 heavy (non-hydrogen) atoms. The molecule has 2 aliphatic rings. The molecule has 0 aliphatic carbocycles. The molecule has 1 fully saturated rings. The van der Waals surface area contributed by atoms with Gasteiger partial charge in [0.1, 0.15) is 18.5 Å². The van der Waals surface area contributed by atoms with Crippen LogP contribution in [-0.2, 0) is 4.74 Å². The zero-order valence-corrected chi connectivity index (χ0v) is 8.84. The van der Waals surface area contributed by atoms with Gasteiger partial charge in [-0.05, 0) is 0 Å². The number of rotatable bonds is 2. The zero-order valence-electron chi connectivity index (χ0n) is 8.84. The Kier molecular flexibility index (Phi) is 3.02. The van der Waals surface area contributed by atoms with Crippen LogP contribution in [0.5, 0.6) is 0 Å². The average molecular weight is 246 g/mol. The molecule has 4 atom stereocenters. The van der Waals surface area contributed by atoms with E-state index in [-0.39, 0.29) is 12.6 Å². The lowest BCUT2D eigenvalue weighted by Gasteiger charge is -2.39. The molecule has 9 heteroatoms. The number of nitrogens with zero attached hydrogens (tertiary/aromatic N) is 3. The van der Waals surface area contributed by atoms with Crippen molar-refractivity contribution in [2.24, 2.45) is 15.7 Å². The van der Waals surface area contributed by atoms with E-state index in [4.69, 9.17) is 15.6 Å². The highest BCUT2D eigenvalue weighted by Gasteiger charge is 2.53. The number of aliphatic hydroxyl groups is 4. The minimum Gasteiger partial charge on any atom is -0.394 e. The molecule has 0 aromatic rings. The first-order chi connectivity index (χ1) is 7.99. The summed E-state index contributed by atoms with van der Waals surface area (Å²) >= 11 is 0. The molecule has 4 unspecified atom stereocenters. The van der Waals surface area contributed by atoms with Gasteiger partial charge in [0.2, 0.25) is 12.3 Å². The number of hydrogen-bond donors (Lipinski definition) is 5. The second kappa shape index (κ2) is 4.20. The van der Waals surface area contributed by atoms with Crippen LogP contribution in [0.25, 0.3) is 0 Å². The smallest absolute Gasteiger partial charge is 0.232 e. The van der Waals surface area contributed by atoms with E-state index >= 15 is 0 Å². The van der Waals surface area contributed by atoms with Crippen molar-refractivity contribution in [3.05, 3.63) is 0 Å². The first-order valence-corrected chi connectivity index (χ1v) is 4.96. The Balaban J connectivity index is 2.20. The van der Waals surface area contributed by atoms with Crippen LogP contribution in [0.3, 0.4) is 0 Å². The maximum atomic E-state index is 10.2. The molecular weight excluding hydrogens is 232 g/mol. The van der Waals surface area contributed by atoms with Gasteiger partial charge in [-0.1, -0.05) is 0 Å². The van der Waals surface area contributed by atoms with Crippen LogP contribution in [0.4, 0.5) is 0 Å². The lowest BCUT2D eigenvalue weighted by atomic mass is 10.0. The molecule has 0 aromatic heterocycles. The first kappa shape index (κ1) is 12.2. The summed E-state index contributed by atoms with van der Waals surface area (Å²) < 4.78 is 5.01. The number of aliphatic imine (C=N–C) groups is 2. The Morgan fingerprint density at radius 1 is 1.59 bits per heavy atom. The number of nitrogens with two attached hydrogens (primary N) is 1. The summed E-state index contributed by atoms with van der Waals surface area (Å²) in [6.07, 6.45) is -2.72. The predicted molar refractivity (Wildman–Crippen MR) is 55.7 cm³/mol. The summed E-state index contributed by atoms with van der Waals surface area (Å²) in [5.74, 6) is -0.135. The van der Waals surface area contributed by atoms with Crippen LogP contribution in [0.2, 0.25) is 0 Å². The minimum absolute atomic E-state index is 0.135. The van der Waals surface area contributed by atoms with E-state index < -0.39 is 30.9 Å². The Labute approximate surface area is 96.5 Å². The maximum absolute atomic E-state index is 10.2. The van der Waals surface area contributed by atoms with E-state index in [1.165, 1.54) is 0 Å². The van der Waals surface area contributed by atoms with Crippen molar-refractivity contribution >= 4 is 12.3 Å². The van der Waals surface area contributed by atoms with E-state index in [2.05, 4.69) is 9.98 Å². The Morgan fingerprint density at radius 2 is 2.29 bits per heavy atom. The fraction of sp³-hybridized carbons (Fsp3) is 0.750. The van der Waals surface area contributed by atoms with Gasteiger partial charge in [0.15, 0.2) is 5.72 Å². The van der Waals surface area contributed by atoms with Gasteiger partial charge in [0.25, 0.3) is 0 Å². The third-order valence-corrected chi connectivity index (χ3v) is 2.77. The minimum atomic E-state index is -1.90. The van der Waals surface area contributed by atoms with E-state index in [9.17, 15) is 15.3 Å². The summed E-state index contributed by atoms with van der Waals surface area (Å²) in [6, 6.07) is 0. The molecule has 1 saturated heterocycles. The van der Waals surface area contributed by atoms with Gasteiger partial charge in [-0.15, -0.1) is 0 Å². The second-order valence-electron chi connectivity index (χ2n) is 3.84. The van der Waals surface area contributed by atoms with Crippen molar-refractivity contribution in [1.82, 2.24) is 4.90 Å². The summed E-state index contributed by atoms with van der Waals surface area (Å²) in [5, 5.41) is 38.6. The Morgan fingerprint density at radius 3 is 2.82 bits per heavy atom. The van der Waals surface area contributed by atoms with Crippen molar-refractivity contribution in [3.8, 4) is 0 Å². The van der Waals surface area contributed by atoms with Gasteiger partial charge in [0.05, 0.1) is 13.2 Å². The average Bonchev–Trinajstić information content (AvgIpc) is 2.56. The summed E-state index contributed by atoms with van der Waals surface area (Å²) in [6.45, 7) is -0.742. The molecule has 0 saturated carbocycles. The SMILES string of the molecule is NC1=NC(O)N(C2(O)COC(CO)C2O)C=N1. The third-order valence-electron chi connectivity index (χ3n) is 2.77. The van der Waals surface area contributed by atoms with Gasteiger partial charge in [-0.2, -0.15) is 4.99 Å². The lowest BCUT2D eigenvalue weighted by Crippen LogP contribution is -2.61. The number of hydrogen-bond acceptors (Lipinski definition) is 9. The molecule has 6 N–H and O–H groups in total. The van der Waals surface area contributed by atoms with Crippen LogP contribution in [-0.4, -0.2) is 75.1 Å². The first-order valence-electron chi connectivity index (χ1n) is 4.96. The highest BCUT2D eigenvalue weighted by Crippen LogP contribution is 2.29. The van der Waals surface area contributed by atoms with E-state index in [1.54, 1.807) is 0 Å². The molecule has 0 spiro atoms. The van der Waals surface area contributed by atoms with E-state index in [0.29, 0.717) is 0 Å². The van der Waals surface area contributed by atoms with E-state index in [1.807, 2.05) is 0 Å². The maximum Gasteiger partial charge on any atom is 0.232 e. The second-order valence-corrected chi connectivity index (χ2v) is 3.84. The highest BCUT2D eigenvalue weighted by atomic mass is 16.6. The van der Waals surface area contributed by atoms with Crippen molar-refractivity contribution in [1.29, 1.82) is 0 Å². The molecule has 0 amide bonds. The number of guanidine groups is 1. The molecule has 2 heterocycles. The summed E-state index contributed by atoms with van der Waals surface area (Å²) in [5.41, 5.74) is 3.37. The van der Waals surface area contributed by atoms with E-state index in [0.717, 1.165) is 11.2 Å². The topological polar surface area (TPSA) is 144 Å². The number of aliphatic hydroxyl groups excluding tert-OH is 3. The quantitative estimate of drug-likeness (QED) is 0.338. The van der Waals surface area contributed by atoms with Crippen molar-refractivity contribution < 1.29 is 25.2 Å². The summed E-state index contributed by atoms with van der Waals surface area (Å²) in [4.78, 5) is 8.06. The zero-order chi connectivity index (χ0) is 12.6. The largest absolute Gasteiger partial charge is 0.394 e. The number of ether oxygens (including phenoxy) is 1.